The van der Waals surface area contributed by atoms with E-state index in [1.165, 1.54) is 37.6 Å². The molecule has 0 radical (unpaired) electrons. The maximum Gasteiger partial charge on any atom is 0.416 e. The minimum absolute atomic E-state index is 0.00397. The van der Waals surface area contributed by atoms with Gasteiger partial charge < -0.3 is 10.1 Å². The molecule has 0 fully saturated rings. The summed E-state index contributed by atoms with van der Waals surface area (Å²) in [5.74, 6) is -1.55. The second-order valence-electron chi connectivity index (χ2n) is 5.62. The van der Waals surface area contributed by atoms with Crippen LogP contribution in [0.5, 0.6) is 5.75 Å². The number of ether oxygens (including phenoxy) is 1. The van der Waals surface area contributed by atoms with Crippen LogP contribution in [-0.4, -0.2) is 22.8 Å². The molecule has 3 aromatic rings. The van der Waals surface area contributed by atoms with Crippen molar-refractivity contribution >= 4 is 23.2 Å². The zero-order valence-corrected chi connectivity index (χ0v) is 15.0. The van der Waals surface area contributed by atoms with Crippen LogP contribution in [0.1, 0.15) is 16.1 Å². The summed E-state index contributed by atoms with van der Waals surface area (Å²) in [5.41, 5.74) is -1.15. The molecular weight excluding hydrogens is 402 g/mol. The Labute approximate surface area is 161 Å². The summed E-state index contributed by atoms with van der Waals surface area (Å²) in [6.07, 6.45) is -3.28. The van der Waals surface area contributed by atoms with Crippen LogP contribution in [0.3, 0.4) is 0 Å². The van der Waals surface area contributed by atoms with Gasteiger partial charge in [0, 0.05) is 5.02 Å². The number of nitrogens with one attached hydrogen (secondary N) is 1. The molecule has 0 aliphatic heterocycles. The second-order valence-corrected chi connectivity index (χ2v) is 6.05. The fourth-order valence-electron chi connectivity index (χ4n) is 2.39. The van der Waals surface area contributed by atoms with Crippen LogP contribution in [0.4, 0.5) is 23.2 Å². The second kappa shape index (κ2) is 7.51. The van der Waals surface area contributed by atoms with Gasteiger partial charge in [-0.25, -0.2) is 9.07 Å². The van der Waals surface area contributed by atoms with E-state index in [0.717, 1.165) is 22.9 Å². The van der Waals surface area contributed by atoms with E-state index in [-0.39, 0.29) is 27.8 Å². The van der Waals surface area contributed by atoms with Gasteiger partial charge in [-0.05, 0) is 36.4 Å². The zero-order valence-electron chi connectivity index (χ0n) is 14.2. The quantitative estimate of drug-likeness (QED) is 0.616. The van der Waals surface area contributed by atoms with Crippen LogP contribution in [0.15, 0.2) is 48.7 Å². The maximum atomic E-state index is 13.9. The van der Waals surface area contributed by atoms with Crippen LogP contribution in [0.2, 0.25) is 5.02 Å². The largest absolute Gasteiger partial charge is 0.493 e. The zero-order chi connectivity index (χ0) is 20.5. The summed E-state index contributed by atoms with van der Waals surface area (Å²) in [5, 5.41) is 6.46. The molecule has 28 heavy (non-hydrogen) atoms. The molecule has 0 aliphatic rings. The number of nitrogens with zero attached hydrogens (tertiary/aromatic N) is 2. The molecule has 1 aromatic heterocycles. The van der Waals surface area contributed by atoms with Crippen molar-refractivity contribution in [3.8, 4) is 11.4 Å². The molecular formula is C18H12ClF4N3O2. The van der Waals surface area contributed by atoms with E-state index in [0.29, 0.717) is 0 Å². The third-order valence-electron chi connectivity index (χ3n) is 3.73. The number of carbonyl (C=O) groups excluding carboxylic acids is 1. The molecule has 3 rings (SSSR count). The number of methoxy groups -OCH3 is 1. The smallest absolute Gasteiger partial charge is 0.416 e. The predicted octanol–water partition coefficient (Wildman–Crippen LogP) is 4.94. The Morgan fingerprint density at radius 3 is 2.61 bits per heavy atom. The minimum atomic E-state index is -4.53. The van der Waals surface area contributed by atoms with Crippen molar-refractivity contribution in [2.45, 2.75) is 6.18 Å². The summed E-state index contributed by atoms with van der Waals surface area (Å²) in [7, 11) is 1.27. The van der Waals surface area contributed by atoms with Gasteiger partial charge in [-0.3, -0.25) is 4.79 Å². The summed E-state index contributed by atoms with van der Waals surface area (Å²) in [6.45, 7) is 0. The van der Waals surface area contributed by atoms with Crippen molar-refractivity contribution in [2.75, 3.05) is 12.4 Å². The SMILES string of the molecule is COc1cn(-c2cccc(C(F)(F)F)c2)nc1C(=O)Nc1ccc(Cl)cc1F. The van der Waals surface area contributed by atoms with Gasteiger partial charge in [0.05, 0.1) is 30.2 Å². The molecule has 146 valence electrons. The fourth-order valence-corrected chi connectivity index (χ4v) is 2.55. The van der Waals surface area contributed by atoms with Crippen molar-refractivity contribution in [3.05, 3.63) is 70.8 Å². The average Bonchev–Trinajstić information content (AvgIpc) is 3.08. The minimum Gasteiger partial charge on any atom is -0.493 e. The van der Waals surface area contributed by atoms with Crippen molar-refractivity contribution in [1.82, 2.24) is 9.78 Å². The van der Waals surface area contributed by atoms with E-state index in [9.17, 15) is 22.4 Å². The Balaban J connectivity index is 1.93. The summed E-state index contributed by atoms with van der Waals surface area (Å²) in [6, 6.07) is 8.09. The number of anilines is 1. The average molecular weight is 414 g/mol. The number of carbonyl (C=O) groups is 1. The Bertz CT molecular complexity index is 1030. The lowest BCUT2D eigenvalue weighted by Crippen LogP contribution is -2.15. The number of hydrogen-bond acceptors (Lipinski definition) is 3. The number of benzene rings is 2. The molecule has 1 N–H and O–H groups in total. The van der Waals surface area contributed by atoms with Gasteiger partial charge in [0.15, 0.2) is 11.4 Å². The van der Waals surface area contributed by atoms with Gasteiger partial charge in [-0.2, -0.15) is 18.3 Å². The van der Waals surface area contributed by atoms with Crippen molar-refractivity contribution in [2.24, 2.45) is 0 Å². The first-order chi connectivity index (χ1) is 13.2. The summed E-state index contributed by atoms with van der Waals surface area (Å²) in [4.78, 5) is 12.5. The summed E-state index contributed by atoms with van der Waals surface area (Å²) < 4.78 is 58.7. The molecule has 10 heteroatoms. The highest BCUT2D eigenvalue weighted by Gasteiger charge is 2.30. The standard InChI is InChI=1S/C18H12ClF4N3O2/c1-28-15-9-26(12-4-2-3-10(7-12)18(21,22)23)25-16(15)17(27)24-14-6-5-11(19)8-13(14)20/h2-9H,1H3,(H,24,27). The Kier molecular flexibility index (Phi) is 5.28. The third-order valence-corrected chi connectivity index (χ3v) is 3.97. The number of hydrogen-bond donors (Lipinski definition) is 1. The maximum absolute atomic E-state index is 13.9. The van der Waals surface area contributed by atoms with Gasteiger partial charge in [0.25, 0.3) is 5.91 Å². The molecule has 0 saturated carbocycles. The highest BCUT2D eigenvalue weighted by atomic mass is 35.5. The first-order valence-corrected chi connectivity index (χ1v) is 8.14. The molecule has 5 nitrogen and oxygen atoms in total. The van der Waals surface area contributed by atoms with Crippen LogP contribution in [0.25, 0.3) is 5.69 Å². The lowest BCUT2D eigenvalue weighted by atomic mass is 10.2. The normalized spacial score (nSPS) is 11.4. The van der Waals surface area contributed by atoms with E-state index in [1.54, 1.807) is 0 Å². The van der Waals surface area contributed by atoms with Crippen molar-refractivity contribution < 1.29 is 27.1 Å². The molecule has 0 bridgehead atoms. The number of aromatic nitrogens is 2. The highest BCUT2D eigenvalue weighted by Crippen LogP contribution is 2.31. The van der Waals surface area contributed by atoms with Gasteiger partial charge in [0.1, 0.15) is 5.82 Å². The van der Waals surface area contributed by atoms with E-state index in [1.807, 2.05) is 0 Å². The number of rotatable bonds is 4. The molecule has 0 aliphatic carbocycles. The Morgan fingerprint density at radius 2 is 1.96 bits per heavy atom. The van der Waals surface area contributed by atoms with E-state index < -0.39 is 23.5 Å². The first-order valence-electron chi connectivity index (χ1n) is 7.76. The Hall–Kier alpha value is -3.07. The number of amides is 1. The summed E-state index contributed by atoms with van der Waals surface area (Å²) >= 11 is 5.67. The van der Waals surface area contributed by atoms with Crippen LogP contribution >= 0.6 is 11.6 Å². The predicted molar refractivity (Wildman–Crippen MR) is 94.5 cm³/mol. The third kappa shape index (κ3) is 4.09. The van der Waals surface area contributed by atoms with Gasteiger partial charge in [-0.15, -0.1) is 0 Å². The lowest BCUT2D eigenvalue weighted by molar-refractivity contribution is -0.137. The fraction of sp³-hybridized carbons (Fsp3) is 0.111. The topological polar surface area (TPSA) is 56.2 Å². The first kappa shape index (κ1) is 19.7. The van der Waals surface area contributed by atoms with Crippen LogP contribution in [0, 0.1) is 5.82 Å². The monoisotopic (exact) mass is 413 g/mol. The number of halogens is 5. The van der Waals surface area contributed by atoms with Crippen molar-refractivity contribution in [1.29, 1.82) is 0 Å². The van der Waals surface area contributed by atoms with Gasteiger partial charge >= 0.3 is 6.18 Å². The highest BCUT2D eigenvalue weighted by molar-refractivity contribution is 6.30. The lowest BCUT2D eigenvalue weighted by Gasteiger charge is -2.08. The van der Waals surface area contributed by atoms with Crippen molar-refractivity contribution in [3.63, 3.8) is 0 Å². The van der Waals surface area contributed by atoms with Gasteiger partial charge in [-0.1, -0.05) is 17.7 Å². The van der Waals surface area contributed by atoms with E-state index >= 15 is 0 Å². The number of alkyl halides is 3. The molecule has 1 heterocycles. The molecule has 1 amide bonds. The van der Waals surface area contributed by atoms with Gasteiger partial charge in [0.2, 0.25) is 0 Å². The Morgan fingerprint density at radius 1 is 1.21 bits per heavy atom. The molecule has 0 unspecified atom stereocenters. The van der Waals surface area contributed by atoms with E-state index in [4.69, 9.17) is 16.3 Å². The van der Waals surface area contributed by atoms with Crippen LogP contribution < -0.4 is 10.1 Å². The van der Waals surface area contributed by atoms with E-state index in [2.05, 4.69) is 10.4 Å². The molecule has 0 atom stereocenters. The molecule has 0 spiro atoms. The molecule has 2 aromatic carbocycles. The van der Waals surface area contributed by atoms with Crippen LogP contribution in [-0.2, 0) is 6.18 Å². The molecule has 0 saturated heterocycles.